The zero-order valence-electron chi connectivity index (χ0n) is 14.8. The van der Waals surface area contributed by atoms with Crippen LogP contribution >= 0.6 is 0 Å². The molecule has 25 heavy (non-hydrogen) atoms. The van der Waals surface area contributed by atoms with Gasteiger partial charge in [0.2, 0.25) is 0 Å². The molecule has 1 fully saturated rings. The Kier molecular flexibility index (Phi) is 5.03. The quantitative estimate of drug-likeness (QED) is 0.840. The van der Waals surface area contributed by atoms with Gasteiger partial charge in [0.25, 0.3) is 0 Å². The fourth-order valence-corrected chi connectivity index (χ4v) is 4.05. The van der Waals surface area contributed by atoms with Crippen molar-refractivity contribution < 1.29 is 13.7 Å². The summed E-state index contributed by atoms with van der Waals surface area (Å²) < 4.78 is 18.0. The van der Waals surface area contributed by atoms with Crippen LogP contribution in [0.5, 0.6) is 0 Å². The van der Waals surface area contributed by atoms with Gasteiger partial charge in [-0.05, 0) is 45.2 Å². The van der Waals surface area contributed by atoms with Crippen molar-refractivity contribution in [2.75, 3.05) is 18.8 Å². The molecule has 1 amide bonds. The van der Waals surface area contributed by atoms with Gasteiger partial charge in [-0.3, -0.25) is 9.19 Å². The average molecular weight is 361 g/mol. The van der Waals surface area contributed by atoms with Gasteiger partial charge in [-0.25, -0.2) is 9.78 Å². The third-order valence-electron chi connectivity index (χ3n) is 3.98. The highest BCUT2D eigenvalue weighted by Gasteiger charge is 2.31. The molecule has 1 aliphatic rings. The maximum Gasteiger partial charge on any atom is 0.410 e. The van der Waals surface area contributed by atoms with Crippen LogP contribution in [-0.2, 0) is 15.5 Å². The van der Waals surface area contributed by atoms with E-state index in [-0.39, 0.29) is 12.0 Å². The van der Waals surface area contributed by atoms with Gasteiger partial charge in [-0.15, -0.1) is 0 Å². The number of amides is 1. The molecule has 1 aliphatic heterocycles. The minimum absolute atomic E-state index is 0.182. The number of hydrogen-bond donors (Lipinski definition) is 0. The fourth-order valence-electron chi connectivity index (χ4n) is 2.81. The van der Waals surface area contributed by atoms with Gasteiger partial charge in [-0.1, -0.05) is 12.1 Å². The molecule has 2 aromatic rings. The molecule has 0 saturated carbocycles. The summed E-state index contributed by atoms with van der Waals surface area (Å²) >= 11 is 0. The lowest BCUT2D eigenvalue weighted by molar-refractivity contribution is 0.0289. The number of carbonyl (C=O) groups is 1. The Labute approximate surface area is 150 Å². The van der Waals surface area contributed by atoms with E-state index in [4.69, 9.17) is 4.74 Å². The maximum absolute atomic E-state index is 12.6. The monoisotopic (exact) mass is 361 g/mol. The van der Waals surface area contributed by atoms with Crippen molar-refractivity contribution in [3.05, 3.63) is 30.5 Å². The molecule has 2 atom stereocenters. The number of nitrogens with zero attached hydrogens (tertiary/aromatic N) is 3. The van der Waals surface area contributed by atoms with E-state index < -0.39 is 16.4 Å². The fraction of sp³-hybridized carbons (Fsp3) is 0.500. The topological polar surface area (TPSA) is 72.4 Å². The van der Waals surface area contributed by atoms with Crippen molar-refractivity contribution in [3.8, 4) is 0 Å². The first kappa shape index (κ1) is 17.8. The van der Waals surface area contributed by atoms with E-state index in [1.54, 1.807) is 11.1 Å². The van der Waals surface area contributed by atoms with E-state index in [1.165, 1.54) is 0 Å². The highest BCUT2D eigenvalue weighted by atomic mass is 32.2. The molecule has 0 N–H and O–H groups in total. The van der Waals surface area contributed by atoms with Crippen LogP contribution in [0.1, 0.15) is 27.2 Å². The van der Waals surface area contributed by atoms with E-state index in [0.717, 1.165) is 17.5 Å². The number of para-hydroxylation sites is 2. The second-order valence-corrected chi connectivity index (χ2v) is 8.73. The highest BCUT2D eigenvalue weighted by molar-refractivity contribution is 7.84. The van der Waals surface area contributed by atoms with E-state index >= 15 is 0 Å². The van der Waals surface area contributed by atoms with Crippen molar-refractivity contribution in [1.82, 2.24) is 14.9 Å². The first-order chi connectivity index (χ1) is 11.8. The van der Waals surface area contributed by atoms with Crippen LogP contribution in [0.3, 0.4) is 0 Å². The molecule has 0 spiro atoms. The van der Waals surface area contributed by atoms with Gasteiger partial charge in [0.15, 0.2) is 0 Å². The summed E-state index contributed by atoms with van der Waals surface area (Å²) in [6, 6.07) is 7.53. The zero-order valence-corrected chi connectivity index (χ0v) is 15.6. The van der Waals surface area contributed by atoms with Crippen LogP contribution in [0.25, 0.3) is 11.0 Å². The predicted molar refractivity (Wildman–Crippen MR) is 96.7 cm³/mol. The highest BCUT2D eigenvalue weighted by Crippen LogP contribution is 2.22. The summed E-state index contributed by atoms with van der Waals surface area (Å²) in [7, 11) is -1.23. The lowest BCUT2D eigenvalue weighted by atomic mass is 10.2. The van der Waals surface area contributed by atoms with Crippen LogP contribution in [0.15, 0.2) is 35.5 Å². The standard InChI is InChI=1S/C18H23N3O3S/c1-18(2,3)24-17(22)21-9-8-13(11-21)12-25(23)16-10-19-14-6-4-5-7-15(14)20-16/h4-7,10,13H,8-9,11-12H2,1-3H3/t13-,25-/m1/s1. The molecule has 0 bridgehead atoms. The molecule has 0 aliphatic carbocycles. The van der Waals surface area contributed by atoms with Crippen LogP contribution in [0, 0.1) is 5.92 Å². The Bertz CT molecular complexity index is 803. The van der Waals surface area contributed by atoms with Crippen LogP contribution < -0.4 is 0 Å². The number of carbonyl (C=O) groups excluding carboxylic acids is 1. The Hall–Kier alpha value is -2.02. The minimum Gasteiger partial charge on any atom is -0.444 e. The Morgan fingerprint density at radius 3 is 2.76 bits per heavy atom. The van der Waals surface area contributed by atoms with Crippen molar-refractivity contribution in [2.24, 2.45) is 5.92 Å². The van der Waals surface area contributed by atoms with Crippen molar-refractivity contribution in [2.45, 2.75) is 37.8 Å². The summed E-state index contributed by atoms with van der Waals surface area (Å²) in [5.41, 5.74) is 1.04. The number of likely N-dealkylation sites (tertiary alicyclic amines) is 1. The summed E-state index contributed by atoms with van der Waals surface area (Å²) in [4.78, 5) is 22.6. The smallest absolute Gasteiger partial charge is 0.410 e. The first-order valence-corrected chi connectivity index (χ1v) is 9.72. The molecule has 3 rings (SSSR count). The molecule has 1 saturated heterocycles. The van der Waals surface area contributed by atoms with Gasteiger partial charge in [0, 0.05) is 18.8 Å². The second kappa shape index (κ2) is 7.07. The number of rotatable bonds is 3. The summed E-state index contributed by atoms with van der Waals surface area (Å²) in [6.45, 7) is 6.77. The molecule has 0 radical (unpaired) electrons. The van der Waals surface area contributed by atoms with E-state index in [0.29, 0.717) is 23.9 Å². The molecule has 134 valence electrons. The molecular weight excluding hydrogens is 338 g/mol. The molecule has 1 aromatic carbocycles. The number of aromatic nitrogens is 2. The number of fused-ring (bicyclic) bond motifs is 1. The zero-order chi connectivity index (χ0) is 18.0. The Balaban J connectivity index is 1.60. The third kappa shape index (κ3) is 4.54. The van der Waals surface area contributed by atoms with Crippen molar-refractivity contribution in [1.29, 1.82) is 0 Å². The minimum atomic E-state index is -1.23. The van der Waals surface area contributed by atoms with Crippen molar-refractivity contribution >= 4 is 27.9 Å². The Morgan fingerprint density at radius 1 is 1.32 bits per heavy atom. The third-order valence-corrected chi connectivity index (χ3v) is 5.42. The van der Waals surface area contributed by atoms with Crippen LogP contribution in [-0.4, -0.2) is 49.6 Å². The summed E-state index contributed by atoms with van der Waals surface area (Å²) in [5.74, 6) is 0.661. The largest absolute Gasteiger partial charge is 0.444 e. The van der Waals surface area contributed by atoms with Crippen LogP contribution in [0.4, 0.5) is 4.79 Å². The lowest BCUT2D eigenvalue weighted by Crippen LogP contribution is -2.35. The normalized spacial score (nSPS) is 19.2. The second-order valence-electron chi connectivity index (χ2n) is 7.29. The molecular formula is C18H23N3O3S. The van der Waals surface area contributed by atoms with Gasteiger partial charge in [-0.2, -0.15) is 0 Å². The predicted octanol–water partition coefficient (Wildman–Crippen LogP) is 2.99. The van der Waals surface area contributed by atoms with E-state index in [9.17, 15) is 9.00 Å². The van der Waals surface area contributed by atoms with Gasteiger partial charge in [0.1, 0.15) is 10.6 Å². The first-order valence-electron chi connectivity index (χ1n) is 8.40. The molecule has 2 heterocycles. The SMILES string of the molecule is CC(C)(C)OC(=O)N1CC[C@@H](C[S@@](=O)c2cnc3ccccc3n2)C1. The molecule has 1 aromatic heterocycles. The Morgan fingerprint density at radius 2 is 2.04 bits per heavy atom. The van der Waals surface area contributed by atoms with Crippen molar-refractivity contribution in [3.63, 3.8) is 0 Å². The molecule has 0 unspecified atom stereocenters. The number of ether oxygens (including phenoxy) is 1. The molecule has 6 nitrogen and oxygen atoms in total. The lowest BCUT2D eigenvalue weighted by Gasteiger charge is -2.24. The maximum atomic E-state index is 12.6. The van der Waals surface area contributed by atoms with Gasteiger partial charge in [0.05, 0.1) is 28.0 Å². The summed E-state index contributed by atoms with van der Waals surface area (Å²) in [5, 5.41) is 0.495. The van der Waals surface area contributed by atoms with E-state index in [1.807, 2.05) is 45.0 Å². The molecule has 7 heteroatoms. The number of benzene rings is 1. The van der Waals surface area contributed by atoms with Gasteiger partial charge < -0.3 is 9.64 Å². The summed E-state index contributed by atoms with van der Waals surface area (Å²) in [6.07, 6.45) is 2.11. The van der Waals surface area contributed by atoms with Gasteiger partial charge >= 0.3 is 6.09 Å². The average Bonchev–Trinajstić information content (AvgIpc) is 3.01. The van der Waals surface area contributed by atoms with Crippen LogP contribution in [0.2, 0.25) is 0 Å². The number of hydrogen-bond acceptors (Lipinski definition) is 5. The van der Waals surface area contributed by atoms with E-state index in [2.05, 4.69) is 9.97 Å².